The van der Waals surface area contributed by atoms with Gasteiger partial charge in [0.2, 0.25) is 15.8 Å². The van der Waals surface area contributed by atoms with Gasteiger partial charge in [0.05, 0.1) is 18.2 Å². The van der Waals surface area contributed by atoms with Crippen LogP contribution in [0.4, 0.5) is 0 Å². The fourth-order valence-corrected chi connectivity index (χ4v) is 4.50. The molecular weight excluding hydrogens is 431 g/mol. The molecule has 1 fully saturated rings. The van der Waals surface area contributed by atoms with Gasteiger partial charge in [-0.15, -0.1) is 0 Å². The fraction of sp³-hybridized carbons (Fsp3) is 0.294. The molecule has 2 aromatic rings. The Kier molecular flexibility index (Phi) is 6.41. The molecular formula is C17H16Cl2N2O6S. The van der Waals surface area contributed by atoms with E-state index in [9.17, 15) is 18.0 Å². The van der Waals surface area contributed by atoms with Crippen LogP contribution in [-0.4, -0.2) is 62.4 Å². The fourth-order valence-electron chi connectivity index (χ4n) is 2.58. The lowest BCUT2D eigenvalue weighted by molar-refractivity contribution is 0.0469. The first-order valence-electron chi connectivity index (χ1n) is 8.21. The Morgan fingerprint density at radius 2 is 1.89 bits per heavy atom. The van der Waals surface area contributed by atoms with Gasteiger partial charge in [-0.25, -0.2) is 13.2 Å². The Bertz CT molecular complexity index is 999. The van der Waals surface area contributed by atoms with Crippen LogP contribution in [-0.2, 0) is 19.5 Å². The van der Waals surface area contributed by atoms with Gasteiger partial charge in [-0.05, 0) is 24.3 Å². The summed E-state index contributed by atoms with van der Waals surface area (Å²) in [4.78, 5) is 26.8. The second kappa shape index (κ2) is 8.62. The molecule has 0 aliphatic carbocycles. The molecule has 3 rings (SSSR count). The van der Waals surface area contributed by atoms with Crippen LogP contribution < -0.4 is 0 Å². The third-order valence-corrected chi connectivity index (χ3v) is 6.47. The number of hydrogen-bond donors (Lipinski definition) is 1. The molecule has 150 valence electrons. The van der Waals surface area contributed by atoms with E-state index in [-0.39, 0.29) is 34.3 Å². The molecule has 0 radical (unpaired) electrons. The van der Waals surface area contributed by atoms with Crippen LogP contribution in [0.25, 0.3) is 0 Å². The number of nitrogens with zero attached hydrogens (tertiary/aromatic N) is 1. The molecule has 1 saturated heterocycles. The number of nitrogens with one attached hydrogen (secondary N) is 1. The number of sulfonamides is 1. The second-order valence-corrected chi connectivity index (χ2v) is 8.67. The van der Waals surface area contributed by atoms with Crippen LogP contribution in [0, 0.1) is 0 Å². The van der Waals surface area contributed by atoms with E-state index in [2.05, 4.69) is 4.98 Å². The van der Waals surface area contributed by atoms with Gasteiger partial charge in [0.1, 0.15) is 10.6 Å². The summed E-state index contributed by atoms with van der Waals surface area (Å²) in [5, 5.41) is 0.520. The van der Waals surface area contributed by atoms with E-state index in [1.165, 1.54) is 34.8 Å². The molecule has 8 nitrogen and oxygen atoms in total. The van der Waals surface area contributed by atoms with Crippen molar-refractivity contribution in [2.75, 3.05) is 32.9 Å². The van der Waals surface area contributed by atoms with E-state index in [0.717, 1.165) is 0 Å². The van der Waals surface area contributed by atoms with E-state index in [0.29, 0.717) is 18.2 Å². The highest BCUT2D eigenvalue weighted by Gasteiger charge is 2.28. The lowest BCUT2D eigenvalue weighted by Crippen LogP contribution is -2.40. The van der Waals surface area contributed by atoms with Crippen molar-refractivity contribution in [1.82, 2.24) is 9.29 Å². The van der Waals surface area contributed by atoms with Crippen molar-refractivity contribution in [1.29, 1.82) is 0 Å². The zero-order valence-corrected chi connectivity index (χ0v) is 16.8. The van der Waals surface area contributed by atoms with Crippen molar-refractivity contribution in [2.24, 2.45) is 0 Å². The second-order valence-electron chi connectivity index (χ2n) is 5.89. The number of esters is 1. The zero-order valence-electron chi connectivity index (χ0n) is 14.5. The Morgan fingerprint density at radius 3 is 2.57 bits per heavy atom. The number of morpholine rings is 1. The first-order chi connectivity index (χ1) is 13.3. The quantitative estimate of drug-likeness (QED) is 0.539. The smallest absolute Gasteiger partial charge is 0.355 e. The minimum Gasteiger partial charge on any atom is -0.453 e. The number of Topliss-reactive ketones (excluding diaryl/α,β-unsaturated/α-hetero) is 1. The number of rotatable bonds is 6. The minimum absolute atomic E-state index is 0.0616. The maximum atomic E-state index is 12.6. The van der Waals surface area contributed by atoms with Gasteiger partial charge in [0.25, 0.3) is 0 Å². The van der Waals surface area contributed by atoms with E-state index >= 15 is 0 Å². The Hall–Kier alpha value is -1.91. The molecule has 1 aliphatic heterocycles. The highest BCUT2D eigenvalue weighted by Crippen LogP contribution is 2.22. The van der Waals surface area contributed by atoms with Gasteiger partial charge in [-0.3, -0.25) is 4.79 Å². The average molecular weight is 447 g/mol. The average Bonchev–Trinajstić information content (AvgIpc) is 3.18. The number of carbonyl (C=O) groups excluding carboxylic acids is 2. The summed E-state index contributed by atoms with van der Waals surface area (Å²) in [5.74, 6) is -1.37. The molecule has 0 atom stereocenters. The summed E-state index contributed by atoms with van der Waals surface area (Å²) in [6.07, 6.45) is 1.21. The highest BCUT2D eigenvalue weighted by molar-refractivity contribution is 7.89. The van der Waals surface area contributed by atoms with Gasteiger partial charge in [-0.1, -0.05) is 23.2 Å². The van der Waals surface area contributed by atoms with Gasteiger partial charge in [-0.2, -0.15) is 4.31 Å². The van der Waals surface area contributed by atoms with E-state index in [4.69, 9.17) is 32.7 Å². The summed E-state index contributed by atoms with van der Waals surface area (Å²) in [7, 11) is -3.74. The normalized spacial score (nSPS) is 15.4. The van der Waals surface area contributed by atoms with Crippen molar-refractivity contribution < 1.29 is 27.5 Å². The van der Waals surface area contributed by atoms with E-state index in [1.54, 1.807) is 0 Å². The molecule has 0 bridgehead atoms. The zero-order chi connectivity index (χ0) is 20.3. The highest BCUT2D eigenvalue weighted by atomic mass is 35.5. The topological polar surface area (TPSA) is 106 Å². The number of carbonyl (C=O) groups is 2. The number of hydrogen-bond acceptors (Lipinski definition) is 6. The largest absolute Gasteiger partial charge is 0.453 e. The van der Waals surface area contributed by atoms with Crippen LogP contribution in [0.1, 0.15) is 20.8 Å². The summed E-state index contributed by atoms with van der Waals surface area (Å²) < 4.78 is 36.5. The molecule has 0 saturated carbocycles. The van der Waals surface area contributed by atoms with Crippen molar-refractivity contribution in [3.63, 3.8) is 0 Å². The predicted octanol–water partition coefficient (Wildman–Crippen LogP) is 2.38. The minimum atomic E-state index is -3.74. The monoisotopic (exact) mass is 446 g/mol. The molecule has 1 aromatic carbocycles. The molecule has 1 aromatic heterocycles. The number of aromatic nitrogens is 1. The SMILES string of the molecule is O=C(OCC(=O)c1ccc(Cl)cc1Cl)c1cc(S(=O)(=O)N2CCOCC2)c[nH]1. The van der Waals surface area contributed by atoms with E-state index < -0.39 is 28.4 Å². The molecule has 0 amide bonds. The Balaban J connectivity index is 1.65. The van der Waals surface area contributed by atoms with Crippen LogP contribution >= 0.6 is 23.2 Å². The number of aromatic amines is 1. The van der Waals surface area contributed by atoms with E-state index in [1.807, 2.05) is 0 Å². The van der Waals surface area contributed by atoms with Gasteiger partial charge >= 0.3 is 5.97 Å². The van der Waals surface area contributed by atoms with Crippen LogP contribution in [0.3, 0.4) is 0 Å². The molecule has 28 heavy (non-hydrogen) atoms. The molecule has 1 aliphatic rings. The number of ketones is 1. The first-order valence-corrected chi connectivity index (χ1v) is 10.4. The Labute approximate surface area is 171 Å². The van der Waals surface area contributed by atoms with Gasteiger partial charge in [0, 0.05) is 29.9 Å². The molecule has 0 unspecified atom stereocenters. The summed E-state index contributed by atoms with van der Waals surface area (Å²) >= 11 is 11.7. The molecule has 11 heteroatoms. The van der Waals surface area contributed by atoms with Gasteiger partial charge < -0.3 is 14.5 Å². The third kappa shape index (κ3) is 4.56. The summed E-state index contributed by atoms with van der Waals surface area (Å²) in [6.45, 7) is 0.555. The maximum Gasteiger partial charge on any atom is 0.355 e. The third-order valence-electron chi connectivity index (χ3n) is 4.05. The van der Waals surface area contributed by atoms with Crippen molar-refractivity contribution >= 4 is 45.0 Å². The van der Waals surface area contributed by atoms with Crippen LogP contribution in [0.5, 0.6) is 0 Å². The standard InChI is InChI=1S/C17H16Cl2N2O6S/c18-11-1-2-13(14(19)7-11)16(22)10-27-17(23)15-8-12(9-20-15)28(24,25)21-3-5-26-6-4-21/h1-2,7-9,20H,3-6,10H2. The van der Waals surface area contributed by atoms with Crippen molar-refractivity contribution in [3.8, 4) is 0 Å². The van der Waals surface area contributed by atoms with Gasteiger partial charge in [0.15, 0.2) is 6.61 Å². The lowest BCUT2D eigenvalue weighted by atomic mass is 10.1. The number of benzene rings is 1. The summed E-state index contributed by atoms with van der Waals surface area (Å²) in [6, 6.07) is 5.51. The number of ether oxygens (including phenoxy) is 2. The number of H-pyrrole nitrogens is 1. The molecule has 1 N–H and O–H groups in total. The van der Waals surface area contributed by atoms with Crippen molar-refractivity contribution in [2.45, 2.75) is 4.90 Å². The Morgan fingerprint density at radius 1 is 1.18 bits per heavy atom. The van der Waals surface area contributed by atoms with Crippen LogP contribution in [0.2, 0.25) is 10.0 Å². The summed E-state index contributed by atoms with van der Waals surface area (Å²) in [5.41, 5.74) is 0.0859. The number of halogens is 2. The van der Waals surface area contributed by atoms with Crippen molar-refractivity contribution in [3.05, 3.63) is 51.8 Å². The predicted molar refractivity (Wildman–Crippen MR) is 101 cm³/mol. The van der Waals surface area contributed by atoms with Crippen LogP contribution in [0.15, 0.2) is 35.4 Å². The molecule has 2 heterocycles. The maximum absolute atomic E-state index is 12.6. The molecule has 0 spiro atoms. The first kappa shape index (κ1) is 20.8. The lowest BCUT2D eigenvalue weighted by Gasteiger charge is -2.25.